The molecule has 0 saturated carbocycles. The zero-order valence-corrected chi connectivity index (χ0v) is 13.7. The monoisotopic (exact) mass is 324 g/mol. The third-order valence-electron chi connectivity index (χ3n) is 3.71. The van der Waals surface area contributed by atoms with Gasteiger partial charge in [0.25, 0.3) is 5.91 Å². The number of anilines is 2. The van der Waals surface area contributed by atoms with Crippen LogP contribution in [-0.4, -0.2) is 20.7 Å². The zero-order chi connectivity index (χ0) is 17.1. The third kappa shape index (κ3) is 3.23. The summed E-state index contributed by atoms with van der Waals surface area (Å²) < 4.78 is 2.16. The first-order chi connectivity index (χ1) is 11.6. The van der Waals surface area contributed by atoms with Gasteiger partial charge in [-0.1, -0.05) is 26.0 Å². The largest absolute Gasteiger partial charge is 0.326 e. The van der Waals surface area contributed by atoms with Crippen LogP contribution in [0.25, 0.3) is 11.0 Å². The van der Waals surface area contributed by atoms with E-state index in [0.717, 1.165) is 29.2 Å². The molecule has 0 fully saturated rings. The summed E-state index contributed by atoms with van der Waals surface area (Å²) in [5.41, 5.74) is 4.86. The maximum atomic E-state index is 11.4. The van der Waals surface area contributed by atoms with Crippen LogP contribution in [0.4, 0.5) is 11.6 Å². The smallest absolute Gasteiger partial charge is 0.274 e. The number of amides is 1. The molecule has 0 aliphatic heterocycles. The molecular formula is C18H20N4O2. The summed E-state index contributed by atoms with van der Waals surface area (Å²) in [7, 11) is 0. The predicted octanol–water partition coefficient (Wildman–Crippen LogP) is 3.55. The molecule has 1 amide bonds. The highest BCUT2D eigenvalue weighted by Gasteiger charge is 2.12. The maximum absolute atomic E-state index is 11.4. The minimum atomic E-state index is -0.534. The van der Waals surface area contributed by atoms with Crippen LogP contribution in [0.3, 0.4) is 0 Å². The Balaban J connectivity index is 1.93. The standard InChI is InChI=1S/C18H20N4O2/c1-12(2)11-22-16-6-4-3-5-15(16)20-18(22)19-14-9-7-13(8-10-14)17(23)21-24/h3-10,12,24H,11H2,1-2H3,(H,19,20)(H,21,23). The van der Waals surface area contributed by atoms with Crippen molar-refractivity contribution >= 4 is 28.6 Å². The first kappa shape index (κ1) is 16.0. The van der Waals surface area contributed by atoms with Crippen LogP contribution in [0, 0.1) is 5.92 Å². The number of fused-ring (bicyclic) bond motifs is 1. The number of benzene rings is 2. The van der Waals surface area contributed by atoms with E-state index < -0.39 is 5.91 Å². The molecule has 6 heteroatoms. The number of hydrogen-bond donors (Lipinski definition) is 3. The summed E-state index contributed by atoms with van der Waals surface area (Å²) in [5.74, 6) is 0.719. The van der Waals surface area contributed by atoms with Gasteiger partial charge in [-0.05, 0) is 42.3 Å². The normalized spacial score (nSPS) is 11.0. The number of nitrogens with zero attached hydrogens (tertiary/aromatic N) is 2. The predicted molar refractivity (Wildman–Crippen MR) is 93.5 cm³/mol. The minimum absolute atomic E-state index is 0.388. The van der Waals surface area contributed by atoms with Gasteiger partial charge in [-0.2, -0.15) is 0 Å². The van der Waals surface area contributed by atoms with E-state index in [1.807, 2.05) is 18.2 Å². The lowest BCUT2D eigenvalue weighted by Crippen LogP contribution is -2.18. The summed E-state index contributed by atoms with van der Waals surface area (Å²) in [4.78, 5) is 16.0. The summed E-state index contributed by atoms with van der Waals surface area (Å²) in [6, 6.07) is 14.9. The maximum Gasteiger partial charge on any atom is 0.274 e. The number of hydrogen-bond acceptors (Lipinski definition) is 4. The van der Waals surface area contributed by atoms with E-state index in [4.69, 9.17) is 5.21 Å². The van der Waals surface area contributed by atoms with Crippen LogP contribution in [0.15, 0.2) is 48.5 Å². The number of imidazole rings is 1. The molecule has 3 aromatic rings. The number of rotatable bonds is 5. The van der Waals surface area contributed by atoms with Gasteiger partial charge in [-0.25, -0.2) is 10.5 Å². The van der Waals surface area contributed by atoms with E-state index in [0.29, 0.717) is 11.5 Å². The summed E-state index contributed by atoms with van der Waals surface area (Å²) in [6.07, 6.45) is 0. The summed E-state index contributed by atoms with van der Waals surface area (Å²) in [6.45, 7) is 5.19. The molecule has 1 heterocycles. The van der Waals surface area contributed by atoms with Crippen molar-refractivity contribution in [1.82, 2.24) is 15.0 Å². The molecule has 0 aliphatic carbocycles. The number of carbonyl (C=O) groups excluding carboxylic acids is 1. The average molecular weight is 324 g/mol. The van der Waals surface area contributed by atoms with Crippen molar-refractivity contribution in [3.05, 3.63) is 54.1 Å². The molecule has 24 heavy (non-hydrogen) atoms. The molecule has 0 unspecified atom stereocenters. The Morgan fingerprint density at radius 3 is 2.54 bits per heavy atom. The Morgan fingerprint density at radius 2 is 1.88 bits per heavy atom. The Kier molecular flexibility index (Phi) is 4.48. The van der Waals surface area contributed by atoms with Crippen molar-refractivity contribution in [3.8, 4) is 0 Å². The lowest BCUT2D eigenvalue weighted by Gasteiger charge is -2.13. The second-order valence-corrected chi connectivity index (χ2v) is 6.07. The number of para-hydroxylation sites is 2. The van der Waals surface area contributed by atoms with Gasteiger partial charge < -0.3 is 9.88 Å². The van der Waals surface area contributed by atoms with Crippen molar-refractivity contribution in [1.29, 1.82) is 0 Å². The Morgan fingerprint density at radius 1 is 1.17 bits per heavy atom. The Hall–Kier alpha value is -2.86. The van der Waals surface area contributed by atoms with Crippen LogP contribution in [0.2, 0.25) is 0 Å². The fourth-order valence-corrected chi connectivity index (χ4v) is 2.62. The number of aromatic nitrogens is 2. The minimum Gasteiger partial charge on any atom is -0.326 e. The Bertz CT molecular complexity index is 853. The molecule has 0 atom stereocenters. The second kappa shape index (κ2) is 6.72. The van der Waals surface area contributed by atoms with Crippen LogP contribution in [-0.2, 0) is 6.54 Å². The number of hydroxylamine groups is 1. The van der Waals surface area contributed by atoms with E-state index >= 15 is 0 Å². The number of nitrogens with one attached hydrogen (secondary N) is 2. The second-order valence-electron chi connectivity index (χ2n) is 6.07. The van der Waals surface area contributed by atoms with Gasteiger partial charge in [0.05, 0.1) is 11.0 Å². The molecule has 0 bridgehead atoms. The quantitative estimate of drug-likeness (QED) is 0.495. The van der Waals surface area contributed by atoms with Gasteiger partial charge in [0.1, 0.15) is 0 Å². The van der Waals surface area contributed by atoms with E-state index in [-0.39, 0.29) is 0 Å². The summed E-state index contributed by atoms with van der Waals surface area (Å²) >= 11 is 0. The van der Waals surface area contributed by atoms with Gasteiger partial charge in [-0.3, -0.25) is 10.0 Å². The zero-order valence-electron chi connectivity index (χ0n) is 13.7. The van der Waals surface area contributed by atoms with E-state index in [1.165, 1.54) is 0 Å². The first-order valence-electron chi connectivity index (χ1n) is 7.85. The molecule has 2 aromatic carbocycles. The highest BCUT2D eigenvalue weighted by Crippen LogP contribution is 2.24. The van der Waals surface area contributed by atoms with Crippen LogP contribution >= 0.6 is 0 Å². The molecular weight excluding hydrogens is 304 g/mol. The molecule has 1 aromatic heterocycles. The fraction of sp³-hybridized carbons (Fsp3) is 0.222. The van der Waals surface area contributed by atoms with Gasteiger partial charge >= 0.3 is 0 Å². The van der Waals surface area contributed by atoms with Crippen LogP contribution in [0.5, 0.6) is 0 Å². The van der Waals surface area contributed by atoms with Gasteiger partial charge in [0.15, 0.2) is 0 Å². The van der Waals surface area contributed by atoms with Crippen molar-refractivity contribution < 1.29 is 10.0 Å². The third-order valence-corrected chi connectivity index (χ3v) is 3.71. The molecule has 0 saturated heterocycles. The van der Waals surface area contributed by atoms with Crippen molar-refractivity contribution in [2.45, 2.75) is 20.4 Å². The van der Waals surface area contributed by atoms with Gasteiger partial charge in [-0.15, -0.1) is 0 Å². The number of carbonyl (C=O) groups is 1. The van der Waals surface area contributed by atoms with Crippen molar-refractivity contribution in [3.63, 3.8) is 0 Å². The molecule has 0 spiro atoms. The lowest BCUT2D eigenvalue weighted by molar-refractivity contribution is 0.0706. The highest BCUT2D eigenvalue weighted by molar-refractivity contribution is 5.93. The van der Waals surface area contributed by atoms with E-state index in [1.54, 1.807) is 29.7 Å². The topological polar surface area (TPSA) is 79.2 Å². The molecule has 3 rings (SSSR count). The van der Waals surface area contributed by atoms with E-state index in [9.17, 15) is 4.79 Å². The summed E-state index contributed by atoms with van der Waals surface area (Å²) in [5, 5.41) is 12.0. The molecule has 3 N–H and O–H groups in total. The molecule has 124 valence electrons. The fourth-order valence-electron chi connectivity index (χ4n) is 2.62. The first-order valence-corrected chi connectivity index (χ1v) is 7.85. The average Bonchev–Trinajstić information content (AvgIpc) is 2.92. The van der Waals surface area contributed by atoms with Crippen molar-refractivity contribution in [2.24, 2.45) is 5.92 Å². The van der Waals surface area contributed by atoms with Gasteiger partial charge in [0, 0.05) is 17.8 Å². The van der Waals surface area contributed by atoms with Crippen LogP contribution < -0.4 is 10.8 Å². The molecule has 0 aliphatic rings. The highest BCUT2D eigenvalue weighted by atomic mass is 16.5. The lowest BCUT2D eigenvalue weighted by atomic mass is 10.2. The van der Waals surface area contributed by atoms with Crippen molar-refractivity contribution in [2.75, 3.05) is 5.32 Å². The van der Waals surface area contributed by atoms with Gasteiger partial charge in [0.2, 0.25) is 5.95 Å². The van der Waals surface area contributed by atoms with E-state index in [2.05, 4.69) is 34.8 Å². The molecule has 6 nitrogen and oxygen atoms in total. The Labute approximate surface area is 140 Å². The molecule has 0 radical (unpaired) electrons. The van der Waals surface area contributed by atoms with Crippen LogP contribution in [0.1, 0.15) is 24.2 Å². The SMILES string of the molecule is CC(C)Cn1c(Nc2ccc(C(=O)NO)cc2)nc2ccccc21.